The molecule has 112 valence electrons. The summed E-state index contributed by atoms with van der Waals surface area (Å²) in [5.41, 5.74) is 4.07. The summed E-state index contributed by atoms with van der Waals surface area (Å²) in [5.74, 6) is 0.659. The first-order valence-electron chi connectivity index (χ1n) is 7.18. The molecule has 0 amide bonds. The molecule has 0 aliphatic heterocycles. The Balaban J connectivity index is 0. The first-order valence-corrected chi connectivity index (χ1v) is 7.18. The van der Waals surface area contributed by atoms with Crippen LogP contribution in [0.5, 0.6) is 0 Å². The molecule has 0 aliphatic carbocycles. The summed E-state index contributed by atoms with van der Waals surface area (Å²) in [4.78, 5) is 0. The minimum Gasteiger partial charge on any atom is -0.0776 e. The molecule has 0 atom stereocenters. The maximum absolute atomic E-state index is 2.20. The first kappa shape index (κ1) is 20.8. The lowest BCUT2D eigenvalue weighted by atomic mass is 10.0. The van der Waals surface area contributed by atoms with E-state index in [1.165, 1.54) is 16.7 Å². The Morgan fingerprint density at radius 1 is 0.650 bits per heavy atom. The van der Waals surface area contributed by atoms with Gasteiger partial charge in [0, 0.05) is 0 Å². The van der Waals surface area contributed by atoms with Gasteiger partial charge in [-0.2, -0.15) is 0 Å². The third-order valence-electron chi connectivity index (χ3n) is 2.68. The molecule has 0 unspecified atom stereocenters. The predicted molar refractivity (Wildman–Crippen MR) is 94.5 cm³/mol. The fourth-order valence-electron chi connectivity index (χ4n) is 1.47. The van der Waals surface area contributed by atoms with Crippen LogP contribution < -0.4 is 0 Å². The van der Waals surface area contributed by atoms with Crippen molar-refractivity contribution in [1.29, 1.82) is 0 Å². The van der Waals surface area contributed by atoms with Crippen molar-refractivity contribution in [2.75, 3.05) is 0 Å². The van der Waals surface area contributed by atoms with E-state index in [-0.39, 0.29) is 7.43 Å². The van der Waals surface area contributed by atoms with Crippen LogP contribution in [0.1, 0.15) is 57.7 Å². The summed E-state index contributed by atoms with van der Waals surface area (Å²) in [5, 5.41) is 0. The molecule has 0 saturated carbocycles. The highest BCUT2D eigenvalue weighted by Gasteiger charge is 1.93. The number of aryl methyl sites for hydroxylation is 2. The zero-order valence-corrected chi connectivity index (χ0v) is 13.3. The van der Waals surface area contributed by atoms with E-state index in [1.807, 2.05) is 19.9 Å². The summed E-state index contributed by atoms with van der Waals surface area (Å²) >= 11 is 0. The summed E-state index contributed by atoms with van der Waals surface area (Å²) in [6.45, 7) is 12.6. The molecule has 2 aromatic rings. The Morgan fingerprint density at radius 2 is 1.00 bits per heavy atom. The lowest BCUT2D eigenvalue weighted by Crippen LogP contribution is -1.83. The van der Waals surface area contributed by atoms with Gasteiger partial charge >= 0.3 is 0 Å². The van der Waals surface area contributed by atoms with Crippen LogP contribution in [0.4, 0.5) is 0 Å². The minimum atomic E-state index is 0. The van der Waals surface area contributed by atoms with E-state index in [0.717, 1.165) is 0 Å². The summed E-state index contributed by atoms with van der Waals surface area (Å²) < 4.78 is 0. The average molecular weight is 272 g/mol. The molecule has 0 spiro atoms. The summed E-state index contributed by atoms with van der Waals surface area (Å²) in [6, 6.07) is 19.0. The van der Waals surface area contributed by atoms with Crippen LogP contribution in [0.15, 0.2) is 54.6 Å². The van der Waals surface area contributed by atoms with Crippen molar-refractivity contribution in [1.82, 2.24) is 0 Å². The van der Waals surface area contributed by atoms with Crippen molar-refractivity contribution in [2.45, 2.75) is 54.9 Å². The molecule has 0 aromatic heterocycles. The van der Waals surface area contributed by atoms with Gasteiger partial charge in [0.2, 0.25) is 0 Å². The van der Waals surface area contributed by atoms with Gasteiger partial charge in [-0.05, 0) is 25.3 Å². The number of rotatable bonds is 1. The predicted octanol–water partition coefficient (Wildman–Crippen LogP) is 6.78. The average Bonchev–Trinajstić information content (AvgIpc) is 2.46. The Morgan fingerprint density at radius 3 is 1.25 bits per heavy atom. The zero-order valence-electron chi connectivity index (χ0n) is 13.3. The minimum absolute atomic E-state index is 0. The normalized spacial score (nSPS) is 8.55. The van der Waals surface area contributed by atoms with E-state index in [4.69, 9.17) is 0 Å². The van der Waals surface area contributed by atoms with Gasteiger partial charge < -0.3 is 0 Å². The molecule has 0 heteroatoms. The second kappa shape index (κ2) is 12.5. The molecule has 0 aliphatic rings. The molecule has 0 bridgehead atoms. The van der Waals surface area contributed by atoms with E-state index in [9.17, 15) is 0 Å². The molecular formula is C20H32. The monoisotopic (exact) mass is 272 g/mol. The van der Waals surface area contributed by atoms with Crippen molar-refractivity contribution in [3.05, 3.63) is 71.3 Å². The van der Waals surface area contributed by atoms with Gasteiger partial charge in [0.15, 0.2) is 0 Å². The molecule has 20 heavy (non-hydrogen) atoms. The summed E-state index contributed by atoms with van der Waals surface area (Å²) in [6.07, 6.45) is 0. The highest BCUT2D eigenvalue weighted by molar-refractivity contribution is 5.19. The lowest BCUT2D eigenvalue weighted by molar-refractivity contribution is 0.867. The van der Waals surface area contributed by atoms with Gasteiger partial charge in [0.05, 0.1) is 0 Å². The Labute approximate surface area is 126 Å². The van der Waals surface area contributed by atoms with Crippen molar-refractivity contribution >= 4 is 0 Å². The SMILES string of the molecule is C.CC.CC(C)c1ccccc1.Cc1ccc(C)cc1. The molecule has 0 radical (unpaired) electrons. The summed E-state index contributed by atoms with van der Waals surface area (Å²) in [7, 11) is 0. The van der Waals surface area contributed by atoms with Gasteiger partial charge in [-0.25, -0.2) is 0 Å². The zero-order chi connectivity index (χ0) is 14.7. The van der Waals surface area contributed by atoms with Crippen molar-refractivity contribution in [3.8, 4) is 0 Å². The third-order valence-corrected chi connectivity index (χ3v) is 2.68. The van der Waals surface area contributed by atoms with E-state index < -0.39 is 0 Å². The van der Waals surface area contributed by atoms with Gasteiger partial charge in [0.25, 0.3) is 0 Å². The number of hydrogen-bond donors (Lipinski definition) is 0. The molecule has 0 nitrogen and oxygen atoms in total. The van der Waals surface area contributed by atoms with Crippen molar-refractivity contribution in [3.63, 3.8) is 0 Å². The molecule has 2 aromatic carbocycles. The molecule has 0 N–H and O–H groups in total. The number of hydrogen-bond acceptors (Lipinski definition) is 0. The van der Waals surface area contributed by atoms with E-state index >= 15 is 0 Å². The largest absolute Gasteiger partial charge is 0.0776 e. The second-order valence-electron chi connectivity index (χ2n) is 4.72. The van der Waals surface area contributed by atoms with E-state index in [1.54, 1.807) is 0 Å². The van der Waals surface area contributed by atoms with Gasteiger partial charge in [-0.3, -0.25) is 0 Å². The number of benzene rings is 2. The van der Waals surface area contributed by atoms with Crippen LogP contribution in [0, 0.1) is 13.8 Å². The van der Waals surface area contributed by atoms with Crippen LogP contribution in [-0.2, 0) is 0 Å². The maximum Gasteiger partial charge on any atom is -0.0219 e. The van der Waals surface area contributed by atoms with Crippen LogP contribution >= 0.6 is 0 Å². The second-order valence-corrected chi connectivity index (χ2v) is 4.72. The van der Waals surface area contributed by atoms with Gasteiger partial charge in [-0.15, -0.1) is 0 Å². The van der Waals surface area contributed by atoms with Crippen molar-refractivity contribution in [2.24, 2.45) is 0 Å². The molecule has 0 fully saturated rings. The van der Waals surface area contributed by atoms with E-state index in [2.05, 4.69) is 76.2 Å². The van der Waals surface area contributed by atoms with E-state index in [0.29, 0.717) is 5.92 Å². The lowest BCUT2D eigenvalue weighted by Gasteiger charge is -2.01. The third kappa shape index (κ3) is 9.38. The highest BCUT2D eigenvalue weighted by atomic mass is 14.0. The first-order chi connectivity index (χ1) is 9.09. The van der Waals surface area contributed by atoms with Crippen molar-refractivity contribution < 1.29 is 0 Å². The van der Waals surface area contributed by atoms with Crippen LogP contribution in [0.25, 0.3) is 0 Å². The van der Waals surface area contributed by atoms with Crippen LogP contribution in [0.2, 0.25) is 0 Å². The highest BCUT2D eigenvalue weighted by Crippen LogP contribution is 2.11. The topological polar surface area (TPSA) is 0 Å². The molecule has 2 rings (SSSR count). The van der Waals surface area contributed by atoms with Crippen LogP contribution in [-0.4, -0.2) is 0 Å². The maximum atomic E-state index is 2.20. The molecule has 0 heterocycles. The molecule has 0 saturated heterocycles. The fraction of sp³-hybridized carbons (Fsp3) is 0.400. The van der Waals surface area contributed by atoms with Crippen LogP contribution in [0.3, 0.4) is 0 Å². The fourth-order valence-corrected chi connectivity index (χ4v) is 1.47. The standard InChI is InChI=1S/C9H12.C8H10.C2H6.CH4/c1-8(2)9-6-4-3-5-7-9;1-7-3-5-8(2)6-4-7;1-2;/h3-8H,1-2H3;3-6H,1-2H3;1-2H3;1H4. The Bertz CT molecular complexity index is 389. The quantitative estimate of drug-likeness (QED) is 0.537. The van der Waals surface area contributed by atoms with Gasteiger partial charge in [-0.1, -0.05) is 101 Å². The molecular weight excluding hydrogens is 240 g/mol. The van der Waals surface area contributed by atoms with Gasteiger partial charge in [0.1, 0.15) is 0 Å². The smallest absolute Gasteiger partial charge is 0.0219 e. The Hall–Kier alpha value is -1.56. The Kier molecular flexibility index (Phi) is 12.9.